The molecule has 1 aromatic rings. The van der Waals surface area contributed by atoms with Crippen LogP contribution in [0.2, 0.25) is 5.02 Å². The SMILES string of the molecule is CN(C)CCCNC[C@@H](Cc1ccc(Cl)cc1)N(C)C(=O)OC(C)(C)C. The van der Waals surface area contributed by atoms with Crippen LogP contribution >= 0.6 is 11.6 Å². The molecule has 0 saturated carbocycles. The predicted octanol–water partition coefficient (Wildman–Crippen LogP) is 3.66. The molecule has 1 N–H and O–H groups in total. The second-order valence-corrected chi connectivity index (χ2v) is 8.37. The number of hydrogen-bond acceptors (Lipinski definition) is 4. The van der Waals surface area contributed by atoms with Crippen molar-refractivity contribution in [2.45, 2.75) is 45.3 Å². The van der Waals surface area contributed by atoms with E-state index in [1.807, 2.05) is 45.0 Å². The summed E-state index contributed by atoms with van der Waals surface area (Å²) in [5.41, 5.74) is 0.639. The van der Waals surface area contributed by atoms with Crippen LogP contribution in [0.3, 0.4) is 0 Å². The van der Waals surface area contributed by atoms with Gasteiger partial charge in [0.15, 0.2) is 0 Å². The van der Waals surface area contributed by atoms with Gasteiger partial charge in [-0.25, -0.2) is 4.79 Å². The first-order chi connectivity index (χ1) is 12.1. The third-order valence-electron chi connectivity index (χ3n) is 3.95. The molecule has 1 atom stereocenters. The summed E-state index contributed by atoms with van der Waals surface area (Å²) < 4.78 is 5.53. The molecule has 0 unspecified atom stereocenters. The van der Waals surface area contributed by atoms with Crippen LogP contribution < -0.4 is 5.32 Å². The van der Waals surface area contributed by atoms with E-state index < -0.39 is 5.60 Å². The number of nitrogens with zero attached hydrogens (tertiary/aromatic N) is 2. The number of carbonyl (C=O) groups excluding carboxylic acids is 1. The molecular formula is C20H34ClN3O2. The van der Waals surface area contributed by atoms with E-state index in [4.69, 9.17) is 16.3 Å². The maximum Gasteiger partial charge on any atom is 0.410 e. The predicted molar refractivity (Wildman–Crippen MR) is 109 cm³/mol. The summed E-state index contributed by atoms with van der Waals surface area (Å²) in [6, 6.07) is 7.78. The summed E-state index contributed by atoms with van der Waals surface area (Å²) in [4.78, 5) is 16.3. The molecule has 0 aromatic heterocycles. The highest BCUT2D eigenvalue weighted by Gasteiger charge is 2.25. The lowest BCUT2D eigenvalue weighted by Gasteiger charge is -2.31. The maximum atomic E-state index is 12.5. The quantitative estimate of drug-likeness (QED) is 0.661. The summed E-state index contributed by atoms with van der Waals surface area (Å²) in [5, 5.41) is 4.18. The molecule has 1 aromatic carbocycles. The van der Waals surface area contributed by atoms with Crippen molar-refractivity contribution < 1.29 is 9.53 Å². The fourth-order valence-corrected chi connectivity index (χ4v) is 2.64. The van der Waals surface area contributed by atoms with Crippen LogP contribution in [0, 0.1) is 0 Å². The molecule has 0 radical (unpaired) electrons. The minimum absolute atomic E-state index is 0.00498. The fraction of sp³-hybridized carbons (Fsp3) is 0.650. The van der Waals surface area contributed by atoms with Crippen LogP contribution in [-0.4, -0.2) is 68.3 Å². The Bertz CT molecular complexity index is 541. The summed E-state index contributed by atoms with van der Waals surface area (Å²) in [6.07, 6.45) is 1.51. The summed E-state index contributed by atoms with van der Waals surface area (Å²) in [7, 11) is 5.94. The highest BCUT2D eigenvalue weighted by atomic mass is 35.5. The third kappa shape index (κ3) is 9.41. The van der Waals surface area contributed by atoms with Crippen LogP contribution in [0.15, 0.2) is 24.3 Å². The van der Waals surface area contributed by atoms with E-state index in [1.54, 1.807) is 11.9 Å². The molecule has 1 rings (SSSR count). The van der Waals surface area contributed by atoms with Gasteiger partial charge in [-0.15, -0.1) is 0 Å². The van der Waals surface area contributed by atoms with Crippen LogP contribution in [0.5, 0.6) is 0 Å². The summed E-state index contributed by atoms with van der Waals surface area (Å²) in [5.74, 6) is 0. The van der Waals surface area contributed by atoms with Gasteiger partial charge >= 0.3 is 6.09 Å². The Morgan fingerprint density at radius 3 is 2.35 bits per heavy atom. The Morgan fingerprint density at radius 1 is 1.19 bits per heavy atom. The largest absolute Gasteiger partial charge is 0.444 e. The van der Waals surface area contributed by atoms with Crippen molar-refractivity contribution in [2.24, 2.45) is 0 Å². The number of hydrogen-bond donors (Lipinski definition) is 1. The van der Waals surface area contributed by atoms with Crippen molar-refractivity contribution >= 4 is 17.7 Å². The maximum absolute atomic E-state index is 12.5. The molecule has 0 fully saturated rings. The second-order valence-electron chi connectivity index (χ2n) is 7.94. The molecule has 0 aliphatic carbocycles. The summed E-state index contributed by atoms with van der Waals surface area (Å²) >= 11 is 5.98. The zero-order chi connectivity index (χ0) is 19.7. The minimum Gasteiger partial charge on any atom is -0.444 e. The van der Waals surface area contributed by atoms with Gasteiger partial charge < -0.3 is 19.9 Å². The van der Waals surface area contributed by atoms with Gasteiger partial charge in [-0.1, -0.05) is 23.7 Å². The van der Waals surface area contributed by atoms with Crippen LogP contribution in [0.25, 0.3) is 0 Å². The monoisotopic (exact) mass is 383 g/mol. The summed E-state index contributed by atoms with van der Waals surface area (Å²) in [6.45, 7) is 8.31. The van der Waals surface area contributed by atoms with Crippen LogP contribution in [0.1, 0.15) is 32.8 Å². The van der Waals surface area contributed by atoms with E-state index in [9.17, 15) is 4.79 Å². The van der Waals surface area contributed by atoms with E-state index in [1.165, 1.54) is 0 Å². The lowest BCUT2D eigenvalue weighted by Crippen LogP contribution is -2.47. The average Bonchev–Trinajstić information content (AvgIpc) is 2.52. The van der Waals surface area contributed by atoms with Gasteiger partial charge in [-0.3, -0.25) is 0 Å². The van der Waals surface area contributed by atoms with Gasteiger partial charge in [0, 0.05) is 18.6 Å². The van der Waals surface area contributed by atoms with Crippen molar-refractivity contribution in [1.29, 1.82) is 0 Å². The second kappa shape index (κ2) is 10.8. The van der Waals surface area contributed by atoms with Gasteiger partial charge in [0.1, 0.15) is 5.60 Å². The highest BCUT2D eigenvalue weighted by molar-refractivity contribution is 6.30. The van der Waals surface area contributed by atoms with E-state index in [-0.39, 0.29) is 12.1 Å². The van der Waals surface area contributed by atoms with E-state index in [2.05, 4.69) is 24.3 Å². The van der Waals surface area contributed by atoms with Gasteiger partial charge in [0.25, 0.3) is 0 Å². The number of benzene rings is 1. The Labute approximate surface area is 163 Å². The molecule has 0 aliphatic rings. The normalized spacial score (nSPS) is 12.9. The van der Waals surface area contributed by atoms with Crippen molar-refractivity contribution in [3.8, 4) is 0 Å². The van der Waals surface area contributed by atoms with E-state index in [0.29, 0.717) is 11.6 Å². The van der Waals surface area contributed by atoms with Crippen molar-refractivity contribution in [2.75, 3.05) is 40.8 Å². The van der Waals surface area contributed by atoms with Crippen molar-refractivity contribution in [1.82, 2.24) is 15.1 Å². The van der Waals surface area contributed by atoms with E-state index in [0.717, 1.165) is 31.5 Å². The Morgan fingerprint density at radius 2 is 1.81 bits per heavy atom. The molecule has 0 saturated heterocycles. The van der Waals surface area contributed by atoms with Crippen molar-refractivity contribution in [3.05, 3.63) is 34.9 Å². The molecule has 26 heavy (non-hydrogen) atoms. The Kier molecular flexibility index (Phi) is 9.41. The van der Waals surface area contributed by atoms with Gasteiger partial charge in [0.05, 0.1) is 6.04 Å². The first kappa shape index (κ1) is 22.7. The topological polar surface area (TPSA) is 44.8 Å². The first-order valence-corrected chi connectivity index (χ1v) is 9.52. The smallest absolute Gasteiger partial charge is 0.410 e. The molecule has 0 heterocycles. The Hall–Kier alpha value is -1.30. The number of nitrogens with one attached hydrogen (secondary N) is 1. The lowest BCUT2D eigenvalue weighted by molar-refractivity contribution is 0.0222. The average molecular weight is 384 g/mol. The third-order valence-corrected chi connectivity index (χ3v) is 4.20. The molecule has 1 amide bonds. The highest BCUT2D eigenvalue weighted by Crippen LogP contribution is 2.15. The van der Waals surface area contributed by atoms with Gasteiger partial charge in [-0.05, 0) is 78.5 Å². The van der Waals surface area contributed by atoms with Crippen molar-refractivity contribution in [3.63, 3.8) is 0 Å². The molecule has 148 valence electrons. The number of amides is 1. The molecule has 0 aliphatic heterocycles. The molecular weight excluding hydrogens is 350 g/mol. The first-order valence-electron chi connectivity index (χ1n) is 9.14. The standard InChI is InChI=1S/C20H34ClN3O2/c1-20(2,3)26-19(25)24(6)18(15-22-12-7-13-23(4)5)14-16-8-10-17(21)11-9-16/h8-11,18,22H,7,12-15H2,1-6H3/t18-/m1/s1. The minimum atomic E-state index is -0.505. The fourth-order valence-electron chi connectivity index (χ4n) is 2.51. The zero-order valence-electron chi connectivity index (χ0n) is 17.0. The molecule has 0 bridgehead atoms. The van der Waals surface area contributed by atoms with E-state index >= 15 is 0 Å². The molecule has 0 spiro atoms. The van der Waals surface area contributed by atoms with Crippen LogP contribution in [0.4, 0.5) is 4.79 Å². The zero-order valence-corrected chi connectivity index (χ0v) is 17.8. The van der Waals surface area contributed by atoms with Crippen LogP contribution in [-0.2, 0) is 11.2 Å². The number of rotatable bonds is 9. The number of likely N-dealkylation sites (N-methyl/N-ethyl adjacent to an activating group) is 1. The number of halogens is 1. The lowest BCUT2D eigenvalue weighted by atomic mass is 10.0. The molecule has 5 nitrogen and oxygen atoms in total. The Balaban J connectivity index is 2.70. The number of ether oxygens (including phenoxy) is 1. The van der Waals surface area contributed by atoms with Gasteiger partial charge in [0.2, 0.25) is 0 Å². The number of carbonyl (C=O) groups is 1. The molecule has 6 heteroatoms. The van der Waals surface area contributed by atoms with Gasteiger partial charge in [-0.2, -0.15) is 0 Å².